The zero-order valence-electron chi connectivity index (χ0n) is 18.4. The van der Waals surface area contributed by atoms with Crippen LogP contribution in [0.2, 0.25) is 0 Å². The van der Waals surface area contributed by atoms with Crippen LogP contribution in [-0.2, 0) is 29.0 Å². The first-order chi connectivity index (χ1) is 16.1. The van der Waals surface area contributed by atoms with E-state index in [9.17, 15) is 9.59 Å². The Morgan fingerprint density at radius 2 is 1.97 bits per heavy atom. The minimum atomic E-state index is -0.471. The minimum absolute atomic E-state index is 0.292. The number of hydrogen-bond donors (Lipinski definition) is 1. The van der Waals surface area contributed by atoms with Crippen molar-refractivity contribution < 1.29 is 23.8 Å². The number of methoxy groups -OCH3 is 1. The van der Waals surface area contributed by atoms with Crippen molar-refractivity contribution in [3.05, 3.63) is 81.5 Å². The van der Waals surface area contributed by atoms with Gasteiger partial charge in [0, 0.05) is 5.56 Å². The number of ether oxygens (including phenoxy) is 3. The van der Waals surface area contributed by atoms with Crippen molar-refractivity contribution in [1.82, 2.24) is 4.90 Å². The molecule has 2 amide bonds. The van der Waals surface area contributed by atoms with E-state index in [1.54, 1.807) is 16.3 Å². The second kappa shape index (κ2) is 11.0. The van der Waals surface area contributed by atoms with Gasteiger partial charge in [-0.3, -0.25) is 0 Å². The molecule has 0 atom stereocenters. The summed E-state index contributed by atoms with van der Waals surface area (Å²) in [6, 6.07) is 17.6. The lowest BCUT2D eigenvalue weighted by Gasteiger charge is -2.20. The molecule has 4 rings (SSSR count). The van der Waals surface area contributed by atoms with Gasteiger partial charge in [-0.2, -0.15) is 0 Å². The van der Waals surface area contributed by atoms with Gasteiger partial charge in [-0.15, -0.1) is 11.3 Å². The molecule has 0 unspecified atom stereocenters. The lowest BCUT2D eigenvalue weighted by molar-refractivity contribution is 0.0607. The Morgan fingerprint density at radius 1 is 1.12 bits per heavy atom. The molecule has 0 saturated carbocycles. The largest absolute Gasteiger partial charge is 0.491 e. The van der Waals surface area contributed by atoms with E-state index in [0.717, 1.165) is 23.3 Å². The van der Waals surface area contributed by atoms with Crippen LogP contribution in [0.1, 0.15) is 26.4 Å². The first kappa shape index (κ1) is 22.8. The number of fused-ring (bicyclic) bond motifs is 1. The van der Waals surface area contributed by atoms with Crippen LogP contribution >= 0.6 is 11.3 Å². The summed E-state index contributed by atoms with van der Waals surface area (Å²) in [5, 5.41) is 4.57. The molecule has 0 fully saturated rings. The first-order valence-corrected chi connectivity index (χ1v) is 11.6. The topological polar surface area (TPSA) is 77.1 Å². The van der Waals surface area contributed by atoms with Crippen molar-refractivity contribution in [1.29, 1.82) is 0 Å². The van der Waals surface area contributed by atoms with Crippen LogP contribution in [0.4, 0.5) is 10.5 Å². The number of anilines is 1. The van der Waals surface area contributed by atoms with Crippen molar-refractivity contribution in [3.8, 4) is 5.75 Å². The van der Waals surface area contributed by atoms with Gasteiger partial charge in [-0.1, -0.05) is 36.4 Å². The van der Waals surface area contributed by atoms with Crippen LogP contribution in [0.3, 0.4) is 0 Å². The number of carbonyl (C=O) groups excluding carboxylic acids is 2. The van der Waals surface area contributed by atoms with Gasteiger partial charge in [-0.25, -0.2) is 9.59 Å². The zero-order valence-corrected chi connectivity index (χ0v) is 19.2. The molecular formula is C25H26N2O5S. The van der Waals surface area contributed by atoms with Crippen molar-refractivity contribution in [2.75, 3.05) is 32.2 Å². The summed E-state index contributed by atoms with van der Waals surface area (Å²) < 4.78 is 16.5. The maximum atomic E-state index is 12.9. The number of amides is 2. The van der Waals surface area contributed by atoms with E-state index in [0.29, 0.717) is 43.5 Å². The molecule has 0 radical (unpaired) electrons. The summed E-state index contributed by atoms with van der Waals surface area (Å²) in [5.74, 6) is 0.297. The van der Waals surface area contributed by atoms with Crippen LogP contribution in [-0.4, -0.2) is 43.8 Å². The molecule has 0 spiro atoms. The van der Waals surface area contributed by atoms with Crippen LogP contribution in [0.15, 0.2) is 60.0 Å². The quantitative estimate of drug-likeness (QED) is 0.403. The number of urea groups is 1. The standard InChI is InChI=1S/C25H26N2O5S/c1-30-24(28)23-21(10-14-33-23)26-25(29)27-11-13-32-22-8-7-19(15-20(22)16-27)17-31-12-9-18-5-3-2-4-6-18/h2-8,10,14-15H,9,11-13,16-17H2,1H3,(H,26,29). The van der Waals surface area contributed by atoms with E-state index in [1.165, 1.54) is 24.0 Å². The maximum Gasteiger partial charge on any atom is 0.350 e. The molecule has 2 aromatic carbocycles. The highest BCUT2D eigenvalue weighted by Gasteiger charge is 2.22. The van der Waals surface area contributed by atoms with Gasteiger partial charge in [0.15, 0.2) is 0 Å². The number of hydrogen-bond acceptors (Lipinski definition) is 6. The molecule has 0 aliphatic carbocycles. The summed E-state index contributed by atoms with van der Waals surface area (Å²) in [5.41, 5.74) is 3.64. The maximum absolute atomic E-state index is 12.9. The van der Waals surface area contributed by atoms with E-state index in [4.69, 9.17) is 14.2 Å². The van der Waals surface area contributed by atoms with Gasteiger partial charge in [0.2, 0.25) is 0 Å². The predicted octanol–water partition coefficient (Wildman–Crippen LogP) is 4.72. The van der Waals surface area contributed by atoms with Crippen molar-refractivity contribution in [2.24, 2.45) is 0 Å². The number of thiophene rings is 1. The fourth-order valence-electron chi connectivity index (χ4n) is 3.59. The fourth-order valence-corrected chi connectivity index (χ4v) is 4.35. The molecule has 33 heavy (non-hydrogen) atoms. The summed E-state index contributed by atoms with van der Waals surface area (Å²) in [7, 11) is 1.32. The summed E-state index contributed by atoms with van der Waals surface area (Å²) in [6.45, 7) is 2.34. The highest BCUT2D eigenvalue weighted by molar-refractivity contribution is 7.12. The first-order valence-electron chi connectivity index (χ1n) is 10.7. The molecule has 8 heteroatoms. The molecule has 1 aromatic heterocycles. The van der Waals surface area contributed by atoms with Crippen LogP contribution in [0.25, 0.3) is 0 Å². The second-order valence-electron chi connectivity index (χ2n) is 7.59. The lowest BCUT2D eigenvalue weighted by atomic mass is 10.1. The summed E-state index contributed by atoms with van der Waals surface area (Å²) in [4.78, 5) is 26.8. The van der Waals surface area contributed by atoms with Crippen LogP contribution in [0, 0.1) is 0 Å². The Labute approximate surface area is 196 Å². The molecule has 1 N–H and O–H groups in total. The average molecular weight is 467 g/mol. The Bertz CT molecular complexity index is 1100. The molecule has 172 valence electrons. The van der Waals surface area contributed by atoms with Gasteiger partial charge in [0.05, 0.1) is 39.1 Å². The molecule has 3 aromatic rings. The smallest absolute Gasteiger partial charge is 0.350 e. The van der Waals surface area contributed by atoms with Gasteiger partial charge < -0.3 is 24.4 Å². The van der Waals surface area contributed by atoms with E-state index in [-0.39, 0.29) is 6.03 Å². The Morgan fingerprint density at radius 3 is 2.79 bits per heavy atom. The molecule has 1 aliphatic heterocycles. The molecule has 0 bridgehead atoms. The minimum Gasteiger partial charge on any atom is -0.491 e. The average Bonchev–Trinajstić information content (AvgIpc) is 3.19. The molecule has 1 aliphatic rings. The predicted molar refractivity (Wildman–Crippen MR) is 127 cm³/mol. The lowest BCUT2D eigenvalue weighted by Crippen LogP contribution is -2.36. The fraction of sp³-hybridized carbons (Fsp3) is 0.280. The van der Waals surface area contributed by atoms with E-state index in [2.05, 4.69) is 17.4 Å². The van der Waals surface area contributed by atoms with E-state index in [1.807, 2.05) is 36.4 Å². The Balaban J connectivity index is 1.36. The SMILES string of the molecule is COC(=O)c1sccc1NC(=O)N1CCOc2ccc(COCCc3ccccc3)cc2C1. The highest BCUT2D eigenvalue weighted by Crippen LogP contribution is 2.27. The van der Waals surface area contributed by atoms with E-state index < -0.39 is 5.97 Å². The number of nitrogens with zero attached hydrogens (tertiary/aromatic N) is 1. The zero-order chi connectivity index (χ0) is 23.0. The third-order valence-corrected chi connectivity index (χ3v) is 6.21. The number of benzene rings is 2. The number of carbonyl (C=O) groups is 2. The Kier molecular flexibility index (Phi) is 7.59. The molecular weight excluding hydrogens is 440 g/mol. The van der Waals surface area contributed by atoms with Gasteiger partial charge in [0.1, 0.15) is 17.2 Å². The Hall–Kier alpha value is -3.36. The third-order valence-electron chi connectivity index (χ3n) is 5.32. The van der Waals surface area contributed by atoms with Crippen molar-refractivity contribution >= 4 is 29.0 Å². The molecule has 2 heterocycles. The van der Waals surface area contributed by atoms with Crippen LogP contribution in [0.5, 0.6) is 5.75 Å². The summed E-state index contributed by atoms with van der Waals surface area (Å²) in [6.07, 6.45) is 0.860. The second-order valence-corrected chi connectivity index (χ2v) is 8.50. The van der Waals surface area contributed by atoms with Gasteiger partial charge >= 0.3 is 12.0 Å². The number of esters is 1. The monoisotopic (exact) mass is 466 g/mol. The number of rotatable bonds is 7. The van der Waals surface area contributed by atoms with Crippen molar-refractivity contribution in [3.63, 3.8) is 0 Å². The normalized spacial score (nSPS) is 12.9. The molecule has 7 nitrogen and oxygen atoms in total. The van der Waals surface area contributed by atoms with Crippen molar-refractivity contribution in [2.45, 2.75) is 19.6 Å². The van der Waals surface area contributed by atoms with Gasteiger partial charge in [-0.05, 0) is 41.1 Å². The van der Waals surface area contributed by atoms with Gasteiger partial charge in [0.25, 0.3) is 0 Å². The molecule has 0 saturated heterocycles. The summed E-state index contributed by atoms with van der Waals surface area (Å²) >= 11 is 1.23. The highest BCUT2D eigenvalue weighted by atomic mass is 32.1. The third kappa shape index (κ3) is 5.91. The van der Waals surface area contributed by atoms with Crippen LogP contribution < -0.4 is 10.1 Å². The van der Waals surface area contributed by atoms with E-state index >= 15 is 0 Å². The number of nitrogens with one attached hydrogen (secondary N) is 1.